The van der Waals surface area contributed by atoms with Crippen molar-refractivity contribution < 1.29 is 4.39 Å². The molecular formula is C20H21FN6. The largest absolute Gasteiger partial charge is 0.402 e. The summed E-state index contributed by atoms with van der Waals surface area (Å²) in [5.41, 5.74) is 17.5. The lowest BCUT2D eigenvalue weighted by Gasteiger charge is -2.23. The molecule has 0 spiro atoms. The molecular weight excluding hydrogens is 343 g/mol. The Morgan fingerprint density at radius 3 is 2.67 bits per heavy atom. The van der Waals surface area contributed by atoms with Crippen LogP contribution in [0.2, 0.25) is 0 Å². The molecule has 1 heterocycles. The molecule has 2 aromatic rings. The van der Waals surface area contributed by atoms with Crippen LogP contribution in [0.1, 0.15) is 30.3 Å². The van der Waals surface area contributed by atoms with E-state index >= 15 is 0 Å². The first-order valence-electron chi connectivity index (χ1n) is 8.47. The van der Waals surface area contributed by atoms with Crippen molar-refractivity contribution in [1.29, 1.82) is 10.8 Å². The fourth-order valence-corrected chi connectivity index (χ4v) is 3.14. The van der Waals surface area contributed by atoms with Gasteiger partial charge in [0.05, 0.1) is 17.1 Å². The highest BCUT2D eigenvalue weighted by Gasteiger charge is 2.23. The molecule has 3 rings (SSSR count). The summed E-state index contributed by atoms with van der Waals surface area (Å²) in [7, 11) is 0. The van der Waals surface area contributed by atoms with Crippen molar-refractivity contribution >= 4 is 35.0 Å². The average molecular weight is 364 g/mol. The summed E-state index contributed by atoms with van der Waals surface area (Å²) in [6.07, 6.45) is 3.59. The Morgan fingerprint density at radius 2 is 2.04 bits per heavy atom. The van der Waals surface area contributed by atoms with Crippen LogP contribution in [0.5, 0.6) is 0 Å². The van der Waals surface area contributed by atoms with Gasteiger partial charge >= 0.3 is 0 Å². The summed E-state index contributed by atoms with van der Waals surface area (Å²) >= 11 is 0. The topological polar surface area (TPSA) is 125 Å². The van der Waals surface area contributed by atoms with E-state index in [-0.39, 0.29) is 5.82 Å². The molecule has 1 aliphatic rings. The third kappa shape index (κ3) is 3.57. The summed E-state index contributed by atoms with van der Waals surface area (Å²) in [5.74, 6) is -0.358. The van der Waals surface area contributed by atoms with E-state index in [1.165, 1.54) is 24.6 Å². The lowest BCUT2D eigenvalue weighted by Crippen LogP contribution is -2.16. The predicted octanol–water partition coefficient (Wildman–Crippen LogP) is 3.57. The molecule has 27 heavy (non-hydrogen) atoms. The number of nitrogens with one attached hydrogen (secondary N) is 3. The number of nitrogens with zero attached hydrogens (tertiary/aromatic N) is 1. The number of benzene rings is 1. The van der Waals surface area contributed by atoms with Crippen molar-refractivity contribution in [3.05, 3.63) is 64.5 Å². The summed E-state index contributed by atoms with van der Waals surface area (Å²) in [5, 5.41) is 18.6. The first-order chi connectivity index (χ1) is 12.9. The molecule has 0 unspecified atom stereocenters. The molecule has 1 aromatic heterocycles. The highest BCUT2D eigenvalue weighted by molar-refractivity contribution is 6.14. The average Bonchev–Trinajstić information content (AvgIpc) is 2.62. The lowest BCUT2D eigenvalue weighted by atomic mass is 9.90. The second kappa shape index (κ2) is 7.41. The van der Waals surface area contributed by atoms with Crippen LogP contribution in [0.25, 0.3) is 11.1 Å². The molecule has 0 radical (unpaired) electrons. The molecule has 0 saturated carbocycles. The van der Waals surface area contributed by atoms with Gasteiger partial charge in [0.1, 0.15) is 5.82 Å². The lowest BCUT2D eigenvalue weighted by molar-refractivity contribution is 0.628. The van der Waals surface area contributed by atoms with Crippen molar-refractivity contribution in [3.8, 4) is 0 Å². The zero-order chi connectivity index (χ0) is 19.6. The monoisotopic (exact) mass is 364 g/mol. The van der Waals surface area contributed by atoms with Gasteiger partial charge in [0.2, 0.25) is 0 Å². The van der Waals surface area contributed by atoms with E-state index in [9.17, 15) is 4.39 Å². The molecule has 1 aliphatic carbocycles. The second-order valence-corrected chi connectivity index (χ2v) is 6.34. The van der Waals surface area contributed by atoms with E-state index in [1.54, 1.807) is 25.1 Å². The summed E-state index contributed by atoms with van der Waals surface area (Å²) in [4.78, 5) is 4.66. The minimum Gasteiger partial charge on any atom is -0.402 e. The number of aryl methyl sites for hydroxylation is 1. The standard InChI is InChI=1S/C20H21FN6/c1-11(24)14(9-22)18-8-19(26-13-4-2-3-12(21)7-13)20-15(10-23)16(25)5-6-17(20)27-18/h2-4,7-10,22-23H,5-6,24-25H2,1H3,(H,26,27). The van der Waals surface area contributed by atoms with Gasteiger partial charge < -0.3 is 27.6 Å². The number of nitrogens with two attached hydrogens (primary N) is 2. The smallest absolute Gasteiger partial charge is 0.125 e. The van der Waals surface area contributed by atoms with E-state index < -0.39 is 0 Å². The maximum atomic E-state index is 13.6. The zero-order valence-corrected chi connectivity index (χ0v) is 14.9. The molecule has 0 bridgehead atoms. The molecule has 0 amide bonds. The van der Waals surface area contributed by atoms with E-state index in [4.69, 9.17) is 22.3 Å². The number of fused-ring (bicyclic) bond motifs is 1. The Bertz CT molecular complexity index is 986. The molecule has 1 aromatic carbocycles. The molecule has 7 heteroatoms. The van der Waals surface area contributed by atoms with Gasteiger partial charge in [-0.1, -0.05) is 6.07 Å². The van der Waals surface area contributed by atoms with Gasteiger partial charge in [0, 0.05) is 46.2 Å². The third-order valence-electron chi connectivity index (χ3n) is 4.43. The molecule has 7 N–H and O–H groups in total. The molecule has 138 valence electrons. The maximum absolute atomic E-state index is 13.6. The summed E-state index contributed by atoms with van der Waals surface area (Å²) < 4.78 is 13.6. The van der Waals surface area contributed by atoms with Gasteiger partial charge in [-0.05, 0) is 44.0 Å². The molecule has 0 atom stereocenters. The Morgan fingerprint density at radius 1 is 1.26 bits per heavy atom. The quantitative estimate of drug-likeness (QED) is 0.520. The van der Waals surface area contributed by atoms with Crippen LogP contribution >= 0.6 is 0 Å². The summed E-state index contributed by atoms with van der Waals surface area (Å²) in [6, 6.07) is 7.86. The number of hydrogen-bond acceptors (Lipinski definition) is 6. The van der Waals surface area contributed by atoms with Crippen molar-refractivity contribution in [1.82, 2.24) is 4.98 Å². The van der Waals surface area contributed by atoms with Crippen LogP contribution in [0.4, 0.5) is 15.8 Å². The molecule has 0 aliphatic heterocycles. The predicted molar refractivity (Wildman–Crippen MR) is 108 cm³/mol. The molecule has 0 fully saturated rings. The van der Waals surface area contributed by atoms with E-state index in [0.29, 0.717) is 52.5 Å². The van der Waals surface area contributed by atoms with Crippen molar-refractivity contribution in [3.63, 3.8) is 0 Å². The zero-order valence-electron chi connectivity index (χ0n) is 14.9. The first kappa shape index (κ1) is 18.3. The number of halogens is 1. The van der Waals surface area contributed by atoms with E-state index in [0.717, 1.165) is 11.3 Å². The van der Waals surface area contributed by atoms with Crippen LogP contribution in [0.3, 0.4) is 0 Å². The second-order valence-electron chi connectivity index (χ2n) is 6.34. The van der Waals surface area contributed by atoms with Gasteiger partial charge in [-0.3, -0.25) is 4.98 Å². The van der Waals surface area contributed by atoms with Crippen molar-refractivity contribution in [2.24, 2.45) is 11.5 Å². The van der Waals surface area contributed by atoms with Crippen molar-refractivity contribution in [2.75, 3.05) is 5.32 Å². The fraction of sp³-hybridized carbons (Fsp3) is 0.150. The molecule has 0 saturated heterocycles. The van der Waals surface area contributed by atoms with Gasteiger partial charge in [-0.25, -0.2) is 4.39 Å². The first-order valence-corrected chi connectivity index (χ1v) is 8.47. The van der Waals surface area contributed by atoms with Crippen LogP contribution in [0.15, 0.2) is 41.7 Å². The fourth-order valence-electron chi connectivity index (χ4n) is 3.14. The minimum absolute atomic E-state index is 0.358. The van der Waals surface area contributed by atoms with Crippen molar-refractivity contribution in [2.45, 2.75) is 19.8 Å². The number of pyridine rings is 1. The SMILES string of the molecule is CC(N)=C(C=N)c1cc(Nc2cccc(F)c2)c2c(n1)CCC(N)=C2C=N. The number of rotatable bonds is 5. The summed E-state index contributed by atoms with van der Waals surface area (Å²) in [6.45, 7) is 1.71. The van der Waals surface area contributed by atoms with Gasteiger partial charge in [0.25, 0.3) is 0 Å². The Labute approximate surface area is 156 Å². The Kier molecular flexibility index (Phi) is 5.03. The molecule has 6 nitrogen and oxygen atoms in total. The maximum Gasteiger partial charge on any atom is 0.125 e. The number of allylic oxidation sites excluding steroid dienone is 4. The van der Waals surface area contributed by atoms with Gasteiger partial charge in [0.15, 0.2) is 0 Å². The van der Waals surface area contributed by atoms with Crippen LogP contribution < -0.4 is 16.8 Å². The van der Waals surface area contributed by atoms with Gasteiger partial charge in [-0.2, -0.15) is 0 Å². The van der Waals surface area contributed by atoms with Crippen LogP contribution in [0, 0.1) is 16.6 Å². The van der Waals surface area contributed by atoms with Crippen LogP contribution in [-0.4, -0.2) is 17.4 Å². The van der Waals surface area contributed by atoms with E-state index in [1.807, 2.05) is 0 Å². The van der Waals surface area contributed by atoms with Gasteiger partial charge in [-0.15, -0.1) is 0 Å². The van der Waals surface area contributed by atoms with Crippen LogP contribution in [-0.2, 0) is 6.42 Å². The number of anilines is 2. The minimum atomic E-state index is -0.358. The normalized spacial score (nSPS) is 14.3. The number of hydrogen-bond donors (Lipinski definition) is 5. The Hall–Kier alpha value is -3.48. The van der Waals surface area contributed by atoms with E-state index in [2.05, 4.69) is 10.3 Å². The number of aromatic nitrogens is 1. The third-order valence-corrected chi connectivity index (χ3v) is 4.43. The Balaban J connectivity index is 2.24. The highest BCUT2D eigenvalue weighted by Crippen LogP contribution is 2.36. The highest BCUT2D eigenvalue weighted by atomic mass is 19.1.